The first-order valence-electron chi connectivity index (χ1n) is 11.9. The molecule has 1 amide bonds. The maximum absolute atomic E-state index is 12.7. The highest BCUT2D eigenvalue weighted by atomic mass is 32.2. The molecular weight excluding hydrogens is 442 g/mol. The number of hydrogen-bond donors (Lipinski definition) is 1. The summed E-state index contributed by atoms with van der Waals surface area (Å²) in [5, 5.41) is 10.7. The number of amides is 1. The second-order valence-electron chi connectivity index (χ2n) is 8.89. The van der Waals surface area contributed by atoms with E-state index in [0.29, 0.717) is 31.2 Å². The summed E-state index contributed by atoms with van der Waals surface area (Å²) in [4.78, 5) is 15.2. The van der Waals surface area contributed by atoms with E-state index in [1.54, 1.807) is 12.1 Å². The molecule has 9 nitrogen and oxygen atoms in total. The number of carbonyl (C=O) groups excluding carboxylic acids is 1. The molecule has 1 aromatic heterocycles. The molecule has 1 aromatic carbocycles. The topological polar surface area (TPSA) is 109 Å². The monoisotopic (exact) mass is 475 g/mol. The van der Waals surface area contributed by atoms with Gasteiger partial charge in [-0.25, -0.2) is 8.42 Å². The predicted octanol–water partition coefficient (Wildman–Crippen LogP) is 2.91. The zero-order valence-electron chi connectivity index (χ0n) is 19.2. The van der Waals surface area contributed by atoms with Gasteiger partial charge in [-0.15, -0.1) is 10.2 Å². The number of nitrogens with zero attached hydrogens (tertiary/aromatic N) is 4. The second kappa shape index (κ2) is 10.8. The normalized spacial score (nSPS) is 19.3. The Hall–Kier alpha value is -2.30. The minimum atomic E-state index is -3.47. The fourth-order valence-corrected chi connectivity index (χ4v) is 5.98. The molecule has 1 unspecified atom stereocenters. The number of sulfonamides is 1. The van der Waals surface area contributed by atoms with E-state index >= 15 is 0 Å². The van der Waals surface area contributed by atoms with E-state index in [0.717, 1.165) is 32.4 Å². The van der Waals surface area contributed by atoms with E-state index in [1.165, 1.54) is 42.1 Å². The Bertz CT molecular complexity index is 1020. The van der Waals surface area contributed by atoms with E-state index < -0.39 is 15.9 Å². The second-order valence-corrected chi connectivity index (χ2v) is 10.8. The van der Waals surface area contributed by atoms with Gasteiger partial charge in [0.05, 0.1) is 4.90 Å². The van der Waals surface area contributed by atoms with E-state index in [2.05, 4.69) is 27.3 Å². The summed E-state index contributed by atoms with van der Waals surface area (Å²) in [5.41, 5.74) is 0.566. The van der Waals surface area contributed by atoms with Crippen LogP contribution >= 0.6 is 0 Å². The lowest BCUT2D eigenvalue weighted by atomic mass is 10.2. The van der Waals surface area contributed by atoms with Crippen LogP contribution in [0.4, 0.5) is 0 Å². The van der Waals surface area contributed by atoms with E-state index in [-0.39, 0.29) is 16.7 Å². The molecular formula is C23H33N5O4S. The molecule has 2 aliphatic heterocycles. The molecule has 2 aromatic rings. The van der Waals surface area contributed by atoms with Gasteiger partial charge in [-0.3, -0.25) is 4.79 Å². The minimum Gasteiger partial charge on any atom is -0.412 e. The first-order valence-corrected chi connectivity index (χ1v) is 13.4. The average Bonchev–Trinajstić information content (AvgIpc) is 3.47. The highest BCUT2D eigenvalue weighted by Gasteiger charge is 2.27. The van der Waals surface area contributed by atoms with E-state index in [9.17, 15) is 13.2 Å². The summed E-state index contributed by atoms with van der Waals surface area (Å²) in [6.45, 7) is 6.11. The molecule has 0 saturated carbocycles. The van der Waals surface area contributed by atoms with Crippen LogP contribution in [-0.2, 0) is 10.0 Å². The van der Waals surface area contributed by atoms with Gasteiger partial charge in [0, 0.05) is 31.2 Å². The molecule has 0 spiro atoms. The number of benzene rings is 1. The van der Waals surface area contributed by atoms with Crippen molar-refractivity contribution in [1.29, 1.82) is 0 Å². The number of rotatable bonds is 8. The smallest absolute Gasteiger partial charge is 0.308 e. The molecule has 0 bridgehead atoms. The van der Waals surface area contributed by atoms with Gasteiger partial charge >= 0.3 is 11.8 Å². The zero-order chi connectivity index (χ0) is 23.3. The molecule has 10 heteroatoms. The Labute approximate surface area is 195 Å². The van der Waals surface area contributed by atoms with Crippen molar-refractivity contribution < 1.29 is 17.6 Å². The van der Waals surface area contributed by atoms with Crippen LogP contribution in [0.25, 0.3) is 11.5 Å². The Morgan fingerprint density at radius 2 is 1.64 bits per heavy atom. The molecule has 1 N–H and O–H groups in total. The average molecular weight is 476 g/mol. The highest BCUT2D eigenvalue weighted by Crippen LogP contribution is 2.24. The van der Waals surface area contributed by atoms with Crippen LogP contribution in [-0.4, -0.2) is 72.5 Å². The molecule has 0 aliphatic carbocycles. The summed E-state index contributed by atoms with van der Waals surface area (Å²) in [6, 6.07) is 6.74. The van der Waals surface area contributed by atoms with Gasteiger partial charge in [0.15, 0.2) is 0 Å². The molecule has 2 saturated heterocycles. The van der Waals surface area contributed by atoms with Crippen LogP contribution in [0.5, 0.6) is 0 Å². The largest absolute Gasteiger partial charge is 0.412 e. The SMILES string of the molecule is CC(CCNC(=O)c1nnc(-c2ccc(S(=O)(=O)N3CCCC3)cc2)o1)N1CCCCCC1. The van der Waals surface area contributed by atoms with Gasteiger partial charge in [0.25, 0.3) is 0 Å². The maximum Gasteiger partial charge on any atom is 0.308 e. The van der Waals surface area contributed by atoms with Gasteiger partial charge in [-0.05, 0) is 76.4 Å². The number of carbonyl (C=O) groups is 1. The molecule has 1 atom stereocenters. The zero-order valence-corrected chi connectivity index (χ0v) is 20.0. The summed E-state index contributed by atoms with van der Waals surface area (Å²) < 4.78 is 32.4. The van der Waals surface area contributed by atoms with Crippen molar-refractivity contribution in [2.75, 3.05) is 32.7 Å². The number of likely N-dealkylation sites (tertiary alicyclic amines) is 1. The van der Waals surface area contributed by atoms with Gasteiger partial charge in [0.1, 0.15) is 0 Å². The van der Waals surface area contributed by atoms with Crippen molar-refractivity contribution in [3.63, 3.8) is 0 Å². The number of nitrogens with one attached hydrogen (secondary N) is 1. The van der Waals surface area contributed by atoms with Crippen LogP contribution in [0.3, 0.4) is 0 Å². The van der Waals surface area contributed by atoms with Crippen molar-refractivity contribution in [3.05, 3.63) is 30.2 Å². The Balaban J connectivity index is 1.31. The van der Waals surface area contributed by atoms with Crippen molar-refractivity contribution >= 4 is 15.9 Å². The summed E-state index contributed by atoms with van der Waals surface area (Å²) >= 11 is 0. The first kappa shape index (κ1) is 23.8. The summed E-state index contributed by atoms with van der Waals surface area (Å²) in [7, 11) is -3.47. The molecule has 2 fully saturated rings. The molecule has 0 radical (unpaired) electrons. The van der Waals surface area contributed by atoms with Crippen molar-refractivity contribution in [3.8, 4) is 11.5 Å². The van der Waals surface area contributed by atoms with Crippen LogP contribution < -0.4 is 5.32 Å². The molecule has 2 aliphatic rings. The lowest BCUT2D eigenvalue weighted by Crippen LogP contribution is -2.37. The Morgan fingerprint density at radius 3 is 2.30 bits per heavy atom. The fourth-order valence-electron chi connectivity index (χ4n) is 4.47. The summed E-state index contributed by atoms with van der Waals surface area (Å²) in [5.74, 6) is -0.311. The standard InChI is InChI=1S/C23H33N5O4S/c1-18(27-14-4-2-3-5-15-27)12-13-24-21(29)23-26-25-22(32-23)19-8-10-20(11-9-19)33(30,31)28-16-6-7-17-28/h8-11,18H,2-7,12-17H2,1H3,(H,24,29). The van der Waals surface area contributed by atoms with Gasteiger partial charge in [-0.2, -0.15) is 4.31 Å². The first-order chi connectivity index (χ1) is 15.9. The highest BCUT2D eigenvalue weighted by molar-refractivity contribution is 7.89. The Morgan fingerprint density at radius 1 is 1.00 bits per heavy atom. The third-order valence-corrected chi connectivity index (χ3v) is 8.45. The van der Waals surface area contributed by atoms with Gasteiger partial charge in [0.2, 0.25) is 15.9 Å². The van der Waals surface area contributed by atoms with E-state index in [1.807, 2.05) is 0 Å². The number of aromatic nitrogens is 2. The van der Waals surface area contributed by atoms with Crippen LogP contribution in [0.2, 0.25) is 0 Å². The van der Waals surface area contributed by atoms with Crippen LogP contribution in [0.15, 0.2) is 33.6 Å². The lowest BCUT2D eigenvalue weighted by Gasteiger charge is -2.27. The third kappa shape index (κ3) is 5.80. The van der Waals surface area contributed by atoms with Crippen molar-refractivity contribution in [1.82, 2.24) is 24.7 Å². The number of hydrogen-bond acceptors (Lipinski definition) is 7. The molecule has 33 heavy (non-hydrogen) atoms. The Kier molecular flexibility index (Phi) is 7.77. The predicted molar refractivity (Wildman–Crippen MR) is 124 cm³/mol. The van der Waals surface area contributed by atoms with Crippen LogP contribution in [0, 0.1) is 0 Å². The van der Waals surface area contributed by atoms with Crippen LogP contribution in [0.1, 0.15) is 62.6 Å². The van der Waals surface area contributed by atoms with Gasteiger partial charge in [-0.1, -0.05) is 12.8 Å². The fraction of sp³-hybridized carbons (Fsp3) is 0.609. The molecule has 180 valence electrons. The molecule has 4 rings (SSSR count). The maximum atomic E-state index is 12.7. The summed E-state index contributed by atoms with van der Waals surface area (Å²) in [6.07, 6.45) is 7.73. The lowest BCUT2D eigenvalue weighted by molar-refractivity contribution is 0.0914. The third-order valence-electron chi connectivity index (χ3n) is 6.53. The van der Waals surface area contributed by atoms with Crippen molar-refractivity contribution in [2.45, 2.75) is 62.8 Å². The molecule has 3 heterocycles. The minimum absolute atomic E-state index is 0.0961. The van der Waals surface area contributed by atoms with Crippen molar-refractivity contribution in [2.24, 2.45) is 0 Å². The van der Waals surface area contributed by atoms with Gasteiger partial charge < -0.3 is 14.6 Å². The van der Waals surface area contributed by atoms with E-state index in [4.69, 9.17) is 4.42 Å². The quantitative estimate of drug-likeness (QED) is 0.625.